The zero-order valence-electron chi connectivity index (χ0n) is 10.8. The van der Waals surface area contributed by atoms with Gasteiger partial charge in [0, 0.05) is 5.41 Å². The molecule has 0 fully saturated rings. The van der Waals surface area contributed by atoms with Crippen LogP contribution < -0.4 is 0 Å². The van der Waals surface area contributed by atoms with Crippen LogP contribution in [0, 0.1) is 5.41 Å². The minimum Gasteiger partial charge on any atom is -0.365 e. The van der Waals surface area contributed by atoms with Crippen molar-refractivity contribution >= 4 is 0 Å². The van der Waals surface area contributed by atoms with Crippen molar-refractivity contribution in [3.63, 3.8) is 0 Å². The van der Waals surface area contributed by atoms with E-state index in [-0.39, 0.29) is 5.41 Å². The zero-order valence-corrected chi connectivity index (χ0v) is 10.8. The molecule has 0 aromatic rings. The Morgan fingerprint density at radius 1 is 0.800 bits per heavy atom. The first kappa shape index (κ1) is 14.9. The van der Waals surface area contributed by atoms with Crippen LogP contribution in [-0.4, -0.2) is 16.0 Å². The van der Waals surface area contributed by atoms with Gasteiger partial charge in [0.1, 0.15) is 0 Å². The Bertz CT molecular complexity index is 160. The van der Waals surface area contributed by atoms with Gasteiger partial charge in [-0.2, -0.15) is 0 Å². The van der Waals surface area contributed by atoms with Crippen LogP contribution in [0.1, 0.15) is 72.6 Å². The van der Waals surface area contributed by atoms with E-state index in [1.165, 1.54) is 12.8 Å². The maximum Gasteiger partial charge on any atom is 0.167 e. The molecule has 2 heteroatoms. The molecule has 92 valence electrons. The summed E-state index contributed by atoms with van der Waals surface area (Å²) >= 11 is 0. The maximum atomic E-state index is 10.1. The monoisotopic (exact) mass is 216 g/mol. The predicted molar refractivity (Wildman–Crippen MR) is 64.6 cm³/mol. The second-order valence-electron chi connectivity index (χ2n) is 4.61. The zero-order chi connectivity index (χ0) is 11.9. The molecule has 0 bridgehead atoms. The first-order valence-corrected chi connectivity index (χ1v) is 6.44. The molecule has 0 unspecified atom stereocenters. The number of rotatable bonds is 8. The number of hydrogen-bond acceptors (Lipinski definition) is 2. The van der Waals surface area contributed by atoms with E-state index in [9.17, 15) is 10.2 Å². The molecule has 0 aromatic heterocycles. The second-order valence-corrected chi connectivity index (χ2v) is 4.61. The van der Waals surface area contributed by atoms with Gasteiger partial charge in [0.2, 0.25) is 0 Å². The maximum absolute atomic E-state index is 10.1. The van der Waals surface area contributed by atoms with Crippen LogP contribution in [0.4, 0.5) is 0 Å². The molecule has 0 rings (SSSR count). The van der Waals surface area contributed by atoms with Gasteiger partial charge in [-0.1, -0.05) is 47.0 Å². The van der Waals surface area contributed by atoms with E-state index in [1.54, 1.807) is 0 Å². The molecule has 0 amide bonds. The van der Waals surface area contributed by atoms with E-state index in [0.29, 0.717) is 6.42 Å². The summed E-state index contributed by atoms with van der Waals surface area (Å²) in [4.78, 5) is 0. The van der Waals surface area contributed by atoms with Crippen LogP contribution >= 0.6 is 0 Å². The van der Waals surface area contributed by atoms with E-state index >= 15 is 0 Å². The Hall–Kier alpha value is -0.0800. The Kier molecular flexibility index (Phi) is 6.46. The Morgan fingerprint density at radius 2 is 1.33 bits per heavy atom. The van der Waals surface area contributed by atoms with Crippen molar-refractivity contribution in [2.75, 3.05) is 0 Å². The van der Waals surface area contributed by atoms with Gasteiger partial charge in [-0.15, -0.1) is 0 Å². The number of unbranched alkanes of at least 4 members (excludes halogenated alkanes) is 2. The number of hydrogen-bond donors (Lipinski definition) is 2. The van der Waals surface area contributed by atoms with Crippen molar-refractivity contribution in [2.24, 2.45) is 5.41 Å². The summed E-state index contributed by atoms with van der Waals surface area (Å²) in [6.45, 7) is 8.14. The highest BCUT2D eigenvalue weighted by molar-refractivity contribution is 4.88. The summed E-state index contributed by atoms with van der Waals surface area (Å²) in [5, 5.41) is 20.2. The van der Waals surface area contributed by atoms with Crippen molar-refractivity contribution in [2.45, 2.75) is 78.4 Å². The normalized spacial score (nSPS) is 13.2. The van der Waals surface area contributed by atoms with E-state index in [1.807, 2.05) is 6.92 Å². The molecule has 2 N–H and O–H groups in total. The summed E-state index contributed by atoms with van der Waals surface area (Å²) in [6, 6.07) is 0. The average Bonchev–Trinajstić information content (AvgIpc) is 2.24. The third-order valence-electron chi connectivity index (χ3n) is 3.95. The summed E-state index contributed by atoms with van der Waals surface area (Å²) < 4.78 is 0. The largest absolute Gasteiger partial charge is 0.365 e. The Balaban J connectivity index is 4.57. The lowest BCUT2D eigenvalue weighted by Crippen LogP contribution is -2.47. The third-order valence-corrected chi connectivity index (χ3v) is 3.95. The van der Waals surface area contributed by atoms with Gasteiger partial charge in [-0.3, -0.25) is 0 Å². The minimum absolute atomic E-state index is 0.309. The highest BCUT2D eigenvalue weighted by atomic mass is 16.5. The minimum atomic E-state index is -1.50. The molecule has 0 saturated heterocycles. The molecule has 0 aliphatic carbocycles. The average molecular weight is 216 g/mol. The lowest BCUT2D eigenvalue weighted by molar-refractivity contribution is -0.250. The summed E-state index contributed by atoms with van der Waals surface area (Å²) in [5.41, 5.74) is -0.309. The Labute approximate surface area is 94.7 Å². The molecule has 0 radical (unpaired) electrons. The van der Waals surface area contributed by atoms with Crippen molar-refractivity contribution in [3.05, 3.63) is 0 Å². The van der Waals surface area contributed by atoms with E-state index < -0.39 is 5.79 Å². The summed E-state index contributed by atoms with van der Waals surface area (Å²) in [5.74, 6) is -1.50. The molecule has 2 nitrogen and oxygen atoms in total. The van der Waals surface area contributed by atoms with Gasteiger partial charge in [-0.25, -0.2) is 0 Å². The molecule has 0 aliphatic heterocycles. The van der Waals surface area contributed by atoms with Crippen LogP contribution in [0.15, 0.2) is 0 Å². The fourth-order valence-electron chi connectivity index (χ4n) is 2.46. The van der Waals surface area contributed by atoms with E-state index in [0.717, 1.165) is 25.7 Å². The van der Waals surface area contributed by atoms with Crippen molar-refractivity contribution < 1.29 is 10.2 Å². The van der Waals surface area contributed by atoms with Gasteiger partial charge in [-0.05, 0) is 25.7 Å². The molecule has 0 saturated carbocycles. The first-order chi connectivity index (χ1) is 6.99. The van der Waals surface area contributed by atoms with Crippen LogP contribution in [0.5, 0.6) is 0 Å². The molecule has 0 heterocycles. The fourth-order valence-corrected chi connectivity index (χ4v) is 2.46. The highest BCUT2D eigenvalue weighted by Crippen LogP contribution is 2.43. The fraction of sp³-hybridized carbons (Fsp3) is 1.00. The van der Waals surface area contributed by atoms with Gasteiger partial charge in [0.15, 0.2) is 5.79 Å². The second kappa shape index (κ2) is 6.49. The quantitative estimate of drug-likeness (QED) is 0.482. The third kappa shape index (κ3) is 3.46. The van der Waals surface area contributed by atoms with E-state index in [2.05, 4.69) is 20.8 Å². The summed E-state index contributed by atoms with van der Waals surface area (Å²) in [7, 11) is 0. The van der Waals surface area contributed by atoms with Gasteiger partial charge in [0.05, 0.1) is 0 Å². The molecule has 0 aliphatic rings. The molecule has 0 spiro atoms. The highest BCUT2D eigenvalue weighted by Gasteiger charge is 2.44. The van der Waals surface area contributed by atoms with Crippen molar-refractivity contribution in [1.82, 2.24) is 0 Å². The molecular formula is C13H28O2. The SMILES string of the molecule is CCCCCC(CC)(CC)C(O)(O)CC. The first-order valence-electron chi connectivity index (χ1n) is 6.44. The smallest absolute Gasteiger partial charge is 0.167 e. The molecular weight excluding hydrogens is 188 g/mol. The van der Waals surface area contributed by atoms with Crippen LogP contribution in [0.25, 0.3) is 0 Å². The van der Waals surface area contributed by atoms with Gasteiger partial charge < -0.3 is 10.2 Å². The predicted octanol–water partition coefficient (Wildman–Crippen LogP) is 3.46. The molecule has 0 atom stereocenters. The molecule has 15 heavy (non-hydrogen) atoms. The van der Waals surface area contributed by atoms with Crippen LogP contribution in [0.3, 0.4) is 0 Å². The lowest BCUT2D eigenvalue weighted by Gasteiger charge is -2.43. The van der Waals surface area contributed by atoms with Crippen molar-refractivity contribution in [1.29, 1.82) is 0 Å². The van der Waals surface area contributed by atoms with E-state index in [4.69, 9.17) is 0 Å². The topological polar surface area (TPSA) is 40.5 Å². The van der Waals surface area contributed by atoms with Crippen LogP contribution in [0.2, 0.25) is 0 Å². The standard InChI is InChI=1S/C13H28O2/c1-5-9-10-11-12(6-2,7-3)13(14,15)8-4/h14-15H,5-11H2,1-4H3. The van der Waals surface area contributed by atoms with Crippen molar-refractivity contribution in [3.8, 4) is 0 Å². The van der Waals surface area contributed by atoms with Gasteiger partial charge in [0.25, 0.3) is 0 Å². The van der Waals surface area contributed by atoms with Crippen LogP contribution in [-0.2, 0) is 0 Å². The molecule has 0 aromatic carbocycles. The summed E-state index contributed by atoms with van der Waals surface area (Å²) in [6.07, 6.45) is 6.49. The Morgan fingerprint density at radius 3 is 1.67 bits per heavy atom. The van der Waals surface area contributed by atoms with Gasteiger partial charge >= 0.3 is 0 Å². The number of aliphatic hydroxyl groups is 2. The lowest BCUT2D eigenvalue weighted by atomic mass is 9.70.